The molecule has 0 amide bonds. The molecule has 1 unspecified atom stereocenters. The van der Waals surface area contributed by atoms with Crippen LogP contribution in [0.15, 0.2) is 6.07 Å². The lowest BCUT2D eigenvalue weighted by molar-refractivity contribution is -0.141. The van der Waals surface area contributed by atoms with E-state index in [-0.39, 0.29) is 11.8 Å². The summed E-state index contributed by atoms with van der Waals surface area (Å²) < 4.78 is 45.0. The minimum absolute atomic E-state index is 0.166. The molecule has 0 bridgehead atoms. The predicted octanol–water partition coefficient (Wildman–Crippen LogP) is 2.96. The average molecular weight is 344 g/mol. The lowest BCUT2D eigenvalue weighted by Crippen LogP contribution is -2.39. The van der Waals surface area contributed by atoms with Crippen molar-refractivity contribution in [1.82, 2.24) is 9.97 Å². The first-order chi connectivity index (χ1) is 11.3. The fraction of sp³-hybridized carbons (Fsp3) is 0.750. The molecule has 0 aromatic carbocycles. The second-order valence-corrected chi connectivity index (χ2v) is 6.68. The number of alkyl halides is 3. The van der Waals surface area contributed by atoms with Gasteiger partial charge in [0.2, 0.25) is 5.95 Å². The summed E-state index contributed by atoms with van der Waals surface area (Å²) in [4.78, 5) is 11.5. The molecule has 2 aliphatic rings. The van der Waals surface area contributed by atoms with Crippen LogP contribution in [-0.2, 0) is 10.9 Å². The van der Waals surface area contributed by atoms with E-state index in [1.54, 1.807) is 19.0 Å². The lowest BCUT2D eigenvalue weighted by Gasteiger charge is -2.34. The van der Waals surface area contributed by atoms with Crippen LogP contribution in [0.3, 0.4) is 0 Å². The molecular weight excluding hydrogens is 321 g/mol. The summed E-state index contributed by atoms with van der Waals surface area (Å²) >= 11 is 0. The van der Waals surface area contributed by atoms with Gasteiger partial charge in [-0.3, -0.25) is 0 Å². The predicted molar refractivity (Wildman–Crippen MR) is 85.3 cm³/mol. The number of ether oxygens (including phenoxy) is 1. The highest BCUT2D eigenvalue weighted by molar-refractivity contribution is 5.45. The summed E-state index contributed by atoms with van der Waals surface area (Å²) in [6, 6.07) is 0.989. The van der Waals surface area contributed by atoms with Crippen LogP contribution in [0, 0.1) is 5.92 Å². The Morgan fingerprint density at radius 2 is 1.88 bits per heavy atom. The van der Waals surface area contributed by atoms with E-state index in [0.29, 0.717) is 25.1 Å². The van der Waals surface area contributed by atoms with E-state index >= 15 is 0 Å². The van der Waals surface area contributed by atoms with E-state index in [0.717, 1.165) is 38.4 Å². The van der Waals surface area contributed by atoms with Gasteiger partial charge in [-0.2, -0.15) is 18.2 Å². The standard InChI is InChI=1S/C16H23F3N4O/c1-22(2)14-10-13(16(17,18)19)20-15(21-14)23-7-5-11(6-8-23)12-4-3-9-24-12/h10-12H,3-9H2,1-2H3. The number of anilines is 2. The summed E-state index contributed by atoms with van der Waals surface area (Å²) in [7, 11) is 3.35. The van der Waals surface area contributed by atoms with E-state index in [4.69, 9.17) is 4.74 Å². The molecule has 0 radical (unpaired) electrons. The van der Waals surface area contributed by atoms with Crippen LogP contribution >= 0.6 is 0 Å². The van der Waals surface area contributed by atoms with Crippen molar-refractivity contribution in [3.8, 4) is 0 Å². The van der Waals surface area contributed by atoms with E-state index in [1.165, 1.54) is 0 Å². The molecule has 0 saturated carbocycles. The normalized spacial score (nSPS) is 22.9. The Balaban J connectivity index is 1.75. The third-order valence-corrected chi connectivity index (χ3v) is 4.76. The zero-order chi connectivity index (χ0) is 17.3. The van der Waals surface area contributed by atoms with Crippen LogP contribution in [0.2, 0.25) is 0 Å². The Kier molecular flexibility index (Phi) is 4.85. The van der Waals surface area contributed by atoms with Gasteiger partial charge in [0, 0.05) is 39.9 Å². The molecule has 0 spiro atoms. The fourth-order valence-corrected chi connectivity index (χ4v) is 3.38. The van der Waals surface area contributed by atoms with Gasteiger partial charge in [0.15, 0.2) is 5.69 Å². The second kappa shape index (κ2) is 6.74. The van der Waals surface area contributed by atoms with E-state index in [1.807, 2.05) is 4.90 Å². The topological polar surface area (TPSA) is 41.5 Å². The second-order valence-electron chi connectivity index (χ2n) is 6.68. The SMILES string of the molecule is CN(C)c1cc(C(F)(F)F)nc(N2CCC(C3CCCO3)CC2)n1. The van der Waals surface area contributed by atoms with Crippen molar-refractivity contribution in [1.29, 1.82) is 0 Å². The van der Waals surface area contributed by atoms with Gasteiger partial charge in [-0.05, 0) is 31.6 Å². The van der Waals surface area contributed by atoms with Gasteiger partial charge < -0.3 is 14.5 Å². The number of piperidine rings is 1. The maximum Gasteiger partial charge on any atom is 0.433 e. The molecule has 3 rings (SSSR count). The zero-order valence-electron chi connectivity index (χ0n) is 14.0. The van der Waals surface area contributed by atoms with Gasteiger partial charge in [-0.1, -0.05) is 0 Å². The molecule has 24 heavy (non-hydrogen) atoms. The van der Waals surface area contributed by atoms with Gasteiger partial charge in [0.25, 0.3) is 0 Å². The Morgan fingerprint density at radius 1 is 1.17 bits per heavy atom. The first-order valence-electron chi connectivity index (χ1n) is 8.35. The molecule has 1 aromatic heterocycles. The van der Waals surface area contributed by atoms with Crippen molar-refractivity contribution in [3.05, 3.63) is 11.8 Å². The van der Waals surface area contributed by atoms with Gasteiger partial charge in [-0.15, -0.1) is 0 Å². The molecular formula is C16H23F3N4O. The van der Waals surface area contributed by atoms with Crippen LogP contribution in [-0.4, -0.2) is 49.9 Å². The van der Waals surface area contributed by atoms with Crippen LogP contribution in [0.5, 0.6) is 0 Å². The molecule has 0 aliphatic carbocycles. The fourth-order valence-electron chi connectivity index (χ4n) is 3.38. The maximum absolute atomic E-state index is 13.1. The third kappa shape index (κ3) is 3.74. The third-order valence-electron chi connectivity index (χ3n) is 4.76. The first kappa shape index (κ1) is 17.3. The number of halogens is 3. The molecule has 2 aliphatic heterocycles. The number of nitrogens with zero attached hydrogens (tertiary/aromatic N) is 4. The molecule has 1 atom stereocenters. The van der Waals surface area contributed by atoms with Crippen LogP contribution in [0.4, 0.5) is 24.9 Å². The van der Waals surface area contributed by atoms with Gasteiger partial charge in [-0.25, -0.2) is 4.98 Å². The van der Waals surface area contributed by atoms with E-state index < -0.39 is 11.9 Å². The Labute approximate surface area is 139 Å². The van der Waals surface area contributed by atoms with Gasteiger partial charge >= 0.3 is 6.18 Å². The summed E-state index contributed by atoms with van der Waals surface area (Å²) in [5.41, 5.74) is -0.891. The molecule has 3 heterocycles. The molecule has 2 saturated heterocycles. The Hall–Kier alpha value is -1.57. The number of aromatic nitrogens is 2. The maximum atomic E-state index is 13.1. The minimum atomic E-state index is -4.47. The highest BCUT2D eigenvalue weighted by atomic mass is 19.4. The highest BCUT2D eigenvalue weighted by Gasteiger charge is 2.35. The van der Waals surface area contributed by atoms with Crippen molar-refractivity contribution in [3.63, 3.8) is 0 Å². The molecule has 0 N–H and O–H groups in total. The summed E-state index contributed by atoms with van der Waals surface area (Å²) in [5.74, 6) is 0.927. The van der Waals surface area contributed by atoms with Crippen molar-refractivity contribution < 1.29 is 17.9 Å². The summed E-state index contributed by atoms with van der Waals surface area (Å²) in [6.07, 6.45) is -0.155. The van der Waals surface area contributed by atoms with E-state index in [9.17, 15) is 13.2 Å². The summed E-state index contributed by atoms with van der Waals surface area (Å²) in [6.45, 7) is 2.16. The number of hydrogen-bond acceptors (Lipinski definition) is 5. The summed E-state index contributed by atoms with van der Waals surface area (Å²) in [5, 5.41) is 0. The smallest absolute Gasteiger partial charge is 0.378 e. The van der Waals surface area contributed by atoms with Crippen molar-refractivity contribution in [2.45, 2.75) is 38.0 Å². The molecule has 2 fully saturated rings. The quantitative estimate of drug-likeness (QED) is 0.843. The van der Waals surface area contributed by atoms with Gasteiger partial charge in [0.05, 0.1) is 6.10 Å². The molecule has 8 heteroatoms. The first-order valence-corrected chi connectivity index (χ1v) is 8.35. The van der Waals surface area contributed by atoms with Crippen LogP contribution in [0.1, 0.15) is 31.4 Å². The van der Waals surface area contributed by atoms with Gasteiger partial charge in [0.1, 0.15) is 5.82 Å². The minimum Gasteiger partial charge on any atom is -0.378 e. The van der Waals surface area contributed by atoms with Crippen LogP contribution < -0.4 is 9.80 Å². The molecule has 5 nitrogen and oxygen atoms in total. The lowest BCUT2D eigenvalue weighted by atomic mass is 9.90. The molecule has 1 aromatic rings. The average Bonchev–Trinajstić information content (AvgIpc) is 3.08. The van der Waals surface area contributed by atoms with Crippen molar-refractivity contribution in [2.24, 2.45) is 5.92 Å². The van der Waals surface area contributed by atoms with Crippen molar-refractivity contribution in [2.75, 3.05) is 43.6 Å². The zero-order valence-corrected chi connectivity index (χ0v) is 14.0. The number of hydrogen-bond donors (Lipinski definition) is 0. The Bertz CT molecular complexity index is 565. The van der Waals surface area contributed by atoms with E-state index in [2.05, 4.69) is 9.97 Å². The number of rotatable bonds is 3. The Morgan fingerprint density at radius 3 is 2.42 bits per heavy atom. The monoisotopic (exact) mass is 344 g/mol. The van der Waals surface area contributed by atoms with Crippen LogP contribution in [0.25, 0.3) is 0 Å². The largest absolute Gasteiger partial charge is 0.433 e. The highest BCUT2D eigenvalue weighted by Crippen LogP contribution is 2.33. The molecule has 134 valence electrons. The van der Waals surface area contributed by atoms with Crippen molar-refractivity contribution >= 4 is 11.8 Å².